The van der Waals surface area contributed by atoms with Crippen LogP contribution in [0, 0.1) is 17.1 Å². The fourth-order valence-electron chi connectivity index (χ4n) is 1.60. The maximum Gasteiger partial charge on any atom is 0.183 e. The van der Waals surface area contributed by atoms with Crippen molar-refractivity contribution in [3.8, 4) is 6.07 Å². The van der Waals surface area contributed by atoms with Gasteiger partial charge in [0.05, 0.1) is 11.3 Å². The topological polar surface area (TPSA) is 74.7 Å². The molecule has 0 saturated heterocycles. The van der Waals surface area contributed by atoms with E-state index in [0.717, 1.165) is 5.56 Å². The van der Waals surface area contributed by atoms with Gasteiger partial charge in [0.25, 0.3) is 0 Å². The number of aromatic nitrogens is 1. The first-order valence-corrected chi connectivity index (χ1v) is 6.79. The number of rotatable bonds is 4. The van der Waals surface area contributed by atoms with Crippen molar-refractivity contribution in [1.82, 2.24) is 4.98 Å². The van der Waals surface area contributed by atoms with Gasteiger partial charge in [0.15, 0.2) is 5.13 Å². The summed E-state index contributed by atoms with van der Waals surface area (Å²) in [7, 11) is 0. The van der Waals surface area contributed by atoms with E-state index in [2.05, 4.69) is 10.3 Å². The Labute approximate surface area is 120 Å². The van der Waals surface area contributed by atoms with Crippen molar-refractivity contribution in [1.29, 1.82) is 5.26 Å². The average molecular weight is 288 g/mol. The third kappa shape index (κ3) is 3.33. The smallest absolute Gasteiger partial charge is 0.183 e. The van der Waals surface area contributed by atoms with E-state index in [9.17, 15) is 4.39 Å². The van der Waals surface area contributed by atoms with Gasteiger partial charge in [0.1, 0.15) is 11.9 Å². The summed E-state index contributed by atoms with van der Waals surface area (Å²) >= 11 is 1.40. The number of allylic oxidation sites excluding steroid dienone is 2. The van der Waals surface area contributed by atoms with E-state index in [0.29, 0.717) is 28.6 Å². The summed E-state index contributed by atoms with van der Waals surface area (Å²) in [4.78, 5) is 4.31. The molecule has 0 aliphatic rings. The number of nitriles is 1. The van der Waals surface area contributed by atoms with Gasteiger partial charge in [-0.1, -0.05) is 12.1 Å². The molecule has 0 fully saturated rings. The molecule has 0 saturated carbocycles. The first kappa shape index (κ1) is 14.0. The highest BCUT2D eigenvalue weighted by atomic mass is 32.1. The summed E-state index contributed by atoms with van der Waals surface area (Å²) in [6.07, 6.45) is 0. The molecule has 0 radical (unpaired) electrons. The average Bonchev–Trinajstić information content (AvgIpc) is 2.87. The number of anilines is 1. The van der Waals surface area contributed by atoms with Gasteiger partial charge in [-0.2, -0.15) is 5.26 Å². The molecular formula is C14H13FN4S. The molecule has 0 aliphatic carbocycles. The second kappa shape index (κ2) is 6.17. The van der Waals surface area contributed by atoms with E-state index in [1.54, 1.807) is 24.4 Å². The Kier molecular flexibility index (Phi) is 4.33. The molecule has 2 rings (SSSR count). The van der Waals surface area contributed by atoms with Crippen LogP contribution in [0.1, 0.15) is 18.2 Å². The van der Waals surface area contributed by atoms with Crippen LogP contribution in [0.2, 0.25) is 0 Å². The Morgan fingerprint density at radius 3 is 2.75 bits per heavy atom. The first-order chi connectivity index (χ1) is 9.60. The number of benzene rings is 1. The van der Waals surface area contributed by atoms with Crippen molar-refractivity contribution in [2.75, 3.05) is 5.32 Å². The van der Waals surface area contributed by atoms with Crippen LogP contribution in [-0.4, -0.2) is 4.98 Å². The Morgan fingerprint density at radius 2 is 2.15 bits per heavy atom. The molecule has 0 aliphatic heterocycles. The van der Waals surface area contributed by atoms with Crippen LogP contribution in [0.3, 0.4) is 0 Å². The fraction of sp³-hybridized carbons (Fsp3) is 0.143. The summed E-state index contributed by atoms with van der Waals surface area (Å²) in [5, 5.41) is 14.6. The number of halogens is 1. The SMILES string of the molecule is C/C(N)=C(/C#N)c1csc(NCc2ccc(F)cc2)n1. The summed E-state index contributed by atoms with van der Waals surface area (Å²) < 4.78 is 12.8. The molecule has 3 N–H and O–H groups in total. The number of nitrogens with two attached hydrogens (primary N) is 1. The molecule has 4 nitrogen and oxygen atoms in total. The lowest BCUT2D eigenvalue weighted by atomic mass is 10.2. The molecule has 0 atom stereocenters. The van der Waals surface area contributed by atoms with Gasteiger partial charge < -0.3 is 11.1 Å². The van der Waals surface area contributed by atoms with Crippen LogP contribution >= 0.6 is 11.3 Å². The molecule has 2 aromatic rings. The second-order valence-electron chi connectivity index (χ2n) is 4.19. The van der Waals surface area contributed by atoms with Crippen LogP contribution in [0.4, 0.5) is 9.52 Å². The van der Waals surface area contributed by atoms with E-state index in [1.807, 2.05) is 6.07 Å². The summed E-state index contributed by atoms with van der Waals surface area (Å²) in [6, 6.07) is 8.29. The van der Waals surface area contributed by atoms with Crippen LogP contribution in [-0.2, 0) is 6.54 Å². The molecular weight excluding hydrogens is 275 g/mol. The fourth-order valence-corrected chi connectivity index (χ4v) is 2.30. The highest BCUT2D eigenvalue weighted by Gasteiger charge is 2.08. The maximum absolute atomic E-state index is 12.8. The van der Waals surface area contributed by atoms with Gasteiger partial charge in [-0.15, -0.1) is 11.3 Å². The standard InChI is InChI=1S/C14H13FN4S/c1-9(17)12(6-16)13-8-20-14(19-13)18-7-10-2-4-11(15)5-3-10/h2-5,8H,7,17H2,1H3,(H,18,19)/b12-9+. The summed E-state index contributed by atoms with van der Waals surface area (Å²) in [5.41, 5.74) is 7.99. The molecule has 102 valence electrons. The van der Waals surface area contributed by atoms with Crippen LogP contribution in [0.5, 0.6) is 0 Å². The van der Waals surface area contributed by atoms with Gasteiger partial charge in [-0.3, -0.25) is 0 Å². The Hall–Kier alpha value is -2.39. The van der Waals surface area contributed by atoms with E-state index in [-0.39, 0.29) is 5.82 Å². The zero-order valence-corrected chi connectivity index (χ0v) is 11.7. The number of hydrogen-bond donors (Lipinski definition) is 2. The number of thiazole rings is 1. The third-order valence-electron chi connectivity index (χ3n) is 2.62. The van der Waals surface area contributed by atoms with Crippen molar-refractivity contribution in [3.05, 3.63) is 52.4 Å². The van der Waals surface area contributed by atoms with Gasteiger partial charge in [0, 0.05) is 17.6 Å². The van der Waals surface area contributed by atoms with Crippen molar-refractivity contribution < 1.29 is 4.39 Å². The van der Waals surface area contributed by atoms with Crippen molar-refractivity contribution >= 4 is 22.0 Å². The number of nitrogens with zero attached hydrogens (tertiary/aromatic N) is 2. The summed E-state index contributed by atoms with van der Waals surface area (Å²) in [5.74, 6) is -0.257. The van der Waals surface area contributed by atoms with E-state index in [4.69, 9.17) is 11.0 Å². The predicted octanol–water partition coefficient (Wildman–Crippen LogP) is 3.11. The molecule has 1 aromatic carbocycles. The lowest BCUT2D eigenvalue weighted by Gasteiger charge is -2.02. The maximum atomic E-state index is 12.8. The van der Waals surface area contributed by atoms with Gasteiger partial charge in [-0.25, -0.2) is 9.37 Å². The minimum atomic E-state index is -0.257. The van der Waals surface area contributed by atoms with Crippen LogP contribution in [0.15, 0.2) is 35.3 Å². The number of nitrogens with one attached hydrogen (secondary N) is 1. The Balaban J connectivity index is 2.05. The predicted molar refractivity (Wildman–Crippen MR) is 78.2 cm³/mol. The van der Waals surface area contributed by atoms with Crippen molar-refractivity contribution in [2.24, 2.45) is 5.73 Å². The molecule has 0 spiro atoms. The van der Waals surface area contributed by atoms with Gasteiger partial charge in [-0.05, 0) is 24.6 Å². The molecule has 6 heteroatoms. The lowest BCUT2D eigenvalue weighted by molar-refractivity contribution is 0.627. The highest BCUT2D eigenvalue weighted by molar-refractivity contribution is 7.13. The van der Waals surface area contributed by atoms with Gasteiger partial charge >= 0.3 is 0 Å². The zero-order valence-electron chi connectivity index (χ0n) is 10.9. The van der Waals surface area contributed by atoms with E-state index in [1.165, 1.54) is 23.5 Å². The molecule has 1 heterocycles. The number of hydrogen-bond acceptors (Lipinski definition) is 5. The molecule has 1 aromatic heterocycles. The lowest BCUT2D eigenvalue weighted by Crippen LogP contribution is -2.00. The Bertz CT molecular complexity index is 663. The minimum absolute atomic E-state index is 0.257. The van der Waals surface area contributed by atoms with E-state index >= 15 is 0 Å². The van der Waals surface area contributed by atoms with Crippen LogP contribution < -0.4 is 11.1 Å². The van der Waals surface area contributed by atoms with Crippen molar-refractivity contribution in [3.63, 3.8) is 0 Å². The van der Waals surface area contributed by atoms with Crippen molar-refractivity contribution in [2.45, 2.75) is 13.5 Å². The third-order valence-corrected chi connectivity index (χ3v) is 3.42. The van der Waals surface area contributed by atoms with Gasteiger partial charge in [0.2, 0.25) is 0 Å². The highest BCUT2D eigenvalue weighted by Crippen LogP contribution is 2.22. The first-order valence-electron chi connectivity index (χ1n) is 5.91. The minimum Gasteiger partial charge on any atom is -0.401 e. The second-order valence-corrected chi connectivity index (χ2v) is 5.05. The molecule has 0 bridgehead atoms. The van der Waals surface area contributed by atoms with E-state index < -0.39 is 0 Å². The molecule has 0 amide bonds. The monoisotopic (exact) mass is 288 g/mol. The van der Waals surface area contributed by atoms with Crippen LogP contribution in [0.25, 0.3) is 5.57 Å². The molecule has 0 unspecified atom stereocenters. The Morgan fingerprint density at radius 1 is 1.45 bits per heavy atom. The molecule has 20 heavy (non-hydrogen) atoms. The summed E-state index contributed by atoms with van der Waals surface area (Å²) in [6.45, 7) is 2.21. The normalized spacial score (nSPS) is 11.7. The zero-order chi connectivity index (χ0) is 14.5. The largest absolute Gasteiger partial charge is 0.401 e. The quantitative estimate of drug-likeness (QED) is 0.848.